The third-order valence-corrected chi connectivity index (χ3v) is 3.43. The number of amides is 1. The zero-order valence-electron chi connectivity index (χ0n) is 10.2. The molecule has 0 aliphatic carbocycles. The molecule has 88 valence electrons. The van der Waals surface area contributed by atoms with Crippen LogP contribution in [0.3, 0.4) is 0 Å². The Bertz CT molecular complexity index is 223. The van der Waals surface area contributed by atoms with E-state index in [2.05, 4.69) is 5.32 Å². The Balaban J connectivity index is 2.66. The normalized spacial score (nSPS) is 22.5. The van der Waals surface area contributed by atoms with Gasteiger partial charge in [-0.25, -0.2) is 5.06 Å². The summed E-state index contributed by atoms with van der Waals surface area (Å²) in [5.41, 5.74) is -0.349. The molecule has 1 N–H and O–H groups in total. The van der Waals surface area contributed by atoms with Crippen LogP contribution in [0.15, 0.2) is 0 Å². The summed E-state index contributed by atoms with van der Waals surface area (Å²) >= 11 is 0. The van der Waals surface area contributed by atoms with Gasteiger partial charge < -0.3 is 5.32 Å². The van der Waals surface area contributed by atoms with Crippen LogP contribution in [0.5, 0.6) is 0 Å². The van der Waals surface area contributed by atoms with Crippen molar-refractivity contribution in [2.75, 3.05) is 27.2 Å². The Hall–Kier alpha value is -0.610. The lowest BCUT2D eigenvalue weighted by Gasteiger charge is -2.37. The monoisotopic (exact) mass is 214 g/mol. The third kappa shape index (κ3) is 2.69. The summed E-state index contributed by atoms with van der Waals surface area (Å²) in [7, 11) is 3.19. The first-order valence-electron chi connectivity index (χ1n) is 5.53. The molecule has 0 bridgehead atoms. The highest BCUT2D eigenvalue weighted by Gasteiger charge is 2.39. The van der Waals surface area contributed by atoms with Crippen molar-refractivity contribution in [1.29, 1.82) is 0 Å². The molecule has 0 aromatic carbocycles. The standard InChI is InChI=1S/C11H22N2O2/c1-11(2,10(14)13(3)15-4)9-6-5-7-12-8-9/h9,12H,5-8H2,1-4H3. The fourth-order valence-corrected chi connectivity index (χ4v) is 2.13. The van der Waals surface area contributed by atoms with Crippen LogP contribution < -0.4 is 5.32 Å². The predicted octanol–water partition coefficient (Wildman–Crippen LogP) is 1.03. The summed E-state index contributed by atoms with van der Waals surface area (Å²) in [6.07, 6.45) is 2.27. The summed E-state index contributed by atoms with van der Waals surface area (Å²) in [5.74, 6) is 0.454. The highest BCUT2D eigenvalue weighted by Crippen LogP contribution is 2.33. The SMILES string of the molecule is CON(C)C(=O)C(C)(C)C1CCCNC1. The first kappa shape index (κ1) is 12.5. The van der Waals surface area contributed by atoms with Gasteiger partial charge in [-0.3, -0.25) is 9.63 Å². The van der Waals surface area contributed by atoms with Crippen LogP contribution in [0.1, 0.15) is 26.7 Å². The Morgan fingerprint density at radius 1 is 1.53 bits per heavy atom. The number of piperidine rings is 1. The molecule has 0 aromatic rings. The first-order valence-corrected chi connectivity index (χ1v) is 5.53. The Morgan fingerprint density at radius 3 is 2.67 bits per heavy atom. The van der Waals surface area contributed by atoms with E-state index >= 15 is 0 Å². The number of carbonyl (C=O) groups is 1. The van der Waals surface area contributed by atoms with Crippen molar-refractivity contribution in [1.82, 2.24) is 10.4 Å². The molecular weight excluding hydrogens is 192 g/mol. The second kappa shape index (κ2) is 4.94. The molecule has 1 saturated heterocycles. The van der Waals surface area contributed by atoms with Crippen LogP contribution in [0.4, 0.5) is 0 Å². The van der Waals surface area contributed by atoms with Gasteiger partial charge in [-0.05, 0) is 31.8 Å². The maximum Gasteiger partial charge on any atom is 0.251 e. The molecular formula is C11H22N2O2. The Kier molecular flexibility index (Phi) is 4.11. The Labute approximate surface area is 91.9 Å². The first-order chi connectivity index (χ1) is 7.00. The van der Waals surface area contributed by atoms with Crippen LogP contribution in [0.25, 0.3) is 0 Å². The van der Waals surface area contributed by atoms with Gasteiger partial charge in [0.05, 0.1) is 7.11 Å². The second-order valence-electron chi connectivity index (χ2n) is 4.75. The van der Waals surface area contributed by atoms with Gasteiger partial charge in [0.25, 0.3) is 5.91 Å². The number of hydrogen-bond donors (Lipinski definition) is 1. The quantitative estimate of drug-likeness (QED) is 0.713. The van der Waals surface area contributed by atoms with Crippen LogP contribution >= 0.6 is 0 Å². The molecule has 0 aromatic heterocycles. The van der Waals surface area contributed by atoms with Crippen molar-refractivity contribution in [3.63, 3.8) is 0 Å². The average Bonchev–Trinajstić information content (AvgIpc) is 2.28. The lowest BCUT2D eigenvalue weighted by molar-refractivity contribution is -0.182. The summed E-state index contributed by atoms with van der Waals surface area (Å²) in [6.45, 7) is 6.00. The van der Waals surface area contributed by atoms with Gasteiger partial charge in [0, 0.05) is 12.5 Å². The van der Waals surface area contributed by atoms with Crippen molar-refractivity contribution in [3.8, 4) is 0 Å². The van der Waals surface area contributed by atoms with E-state index in [0.717, 1.165) is 25.9 Å². The molecule has 1 atom stereocenters. The van der Waals surface area contributed by atoms with Gasteiger partial charge in [-0.1, -0.05) is 13.8 Å². The molecule has 1 heterocycles. The van der Waals surface area contributed by atoms with E-state index < -0.39 is 0 Å². The molecule has 0 saturated carbocycles. The average molecular weight is 214 g/mol. The summed E-state index contributed by atoms with van der Waals surface area (Å²) in [5, 5.41) is 4.67. The predicted molar refractivity (Wildman–Crippen MR) is 59.2 cm³/mol. The molecule has 4 heteroatoms. The highest BCUT2D eigenvalue weighted by atomic mass is 16.7. The highest BCUT2D eigenvalue weighted by molar-refractivity contribution is 5.81. The van der Waals surface area contributed by atoms with E-state index in [0.29, 0.717) is 5.92 Å². The van der Waals surface area contributed by atoms with Crippen molar-refractivity contribution in [2.24, 2.45) is 11.3 Å². The van der Waals surface area contributed by atoms with Gasteiger partial charge >= 0.3 is 0 Å². The Morgan fingerprint density at radius 2 is 2.20 bits per heavy atom. The number of hydrogen-bond acceptors (Lipinski definition) is 3. The minimum atomic E-state index is -0.349. The number of carbonyl (C=O) groups excluding carboxylic acids is 1. The molecule has 1 aliphatic heterocycles. The summed E-state index contributed by atoms with van der Waals surface area (Å²) in [4.78, 5) is 17.0. The molecule has 1 amide bonds. The minimum Gasteiger partial charge on any atom is -0.316 e. The van der Waals surface area contributed by atoms with Crippen molar-refractivity contribution >= 4 is 5.91 Å². The van der Waals surface area contributed by atoms with Gasteiger partial charge in [0.15, 0.2) is 0 Å². The fourth-order valence-electron chi connectivity index (χ4n) is 2.13. The molecule has 1 unspecified atom stereocenters. The van der Waals surface area contributed by atoms with Gasteiger partial charge in [-0.2, -0.15) is 0 Å². The smallest absolute Gasteiger partial charge is 0.251 e. The zero-order valence-corrected chi connectivity index (χ0v) is 10.2. The summed E-state index contributed by atoms with van der Waals surface area (Å²) in [6, 6.07) is 0. The number of nitrogens with zero attached hydrogens (tertiary/aromatic N) is 1. The van der Waals surface area contributed by atoms with E-state index in [-0.39, 0.29) is 11.3 Å². The maximum absolute atomic E-state index is 12.1. The van der Waals surface area contributed by atoms with E-state index in [1.807, 2.05) is 13.8 Å². The number of hydroxylamine groups is 2. The number of rotatable bonds is 3. The molecule has 15 heavy (non-hydrogen) atoms. The lowest BCUT2D eigenvalue weighted by atomic mass is 9.74. The molecule has 1 rings (SSSR count). The molecule has 1 fully saturated rings. The van der Waals surface area contributed by atoms with Crippen molar-refractivity contribution < 1.29 is 9.63 Å². The van der Waals surface area contributed by atoms with E-state index in [9.17, 15) is 4.79 Å². The van der Waals surface area contributed by atoms with Gasteiger partial charge in [-0.15, -0.1) is 0 Å². The van der Waals surface area contributed by atoms with Crippen LogP contribution in [-0.4, -0.2) is 38.2 Å². The van der Waals surface area contributed by atoms with Crippen LogP contribution in [0, 0.1) is 11.3 Å². The second-order valence-corrected chi connectivity index (χ2v) is 4.75. The van der Waals surface area contributed by atoms with Gasteiger partial charge in [0.1, 0.15) is 0 Å². The topological polar surface area (TPSA) is 41.6 Å². The maximum atomic E-state index is 12.1. The molecule has 0 radical (unpaired) electrons. The zero-order chi connectivity index (χ0) is 11.5. The number of nitrogens with one attached hydrogen (secondary N) is 1. The minimum absolute atomic E-state index is 0.0544. The van der Waals surface area contributed by atoms with Gasteiger partial charge in [0.2, 0.25) is 0 Å². The molecule has 4 nitrogen and oxygen atoms in total. The van der Waals surface area contributed by atoms with E-state index in [1.165, 1.54) is 12.2 Å². The van der Waals surface area contributed by atoms with E-state index in [1.54, 1.807) is 7.05 Å². The van der Waals surface area contributed by atoms with Crippen LogP contribution in [0.2, 0.25) is 0 Å². The van der Waals surface area contributed by atoms with Crippen LogP contribution in [-0.2, 0) is 9.63 Å². The lowest BCUT2D eigenvalue weighted by Crippen LogP contribution is -2.47. The third-order valence-electron chi connectivity index (χ3n) is 3.43. The molecule has 0 spiro atoms. The van der Waals surface area contributed by atoms with E-state index in [4.69, 9.17) is 4.84 Å². The van der Waals surface area contributed by atoms with Crippen molar-refractivity contribution in [3.05, 3.63) is 0 Å². The van der Waals surface area contributed by atoms with Crippen molar-refractivity contribution in [2.45, 2.75) is 26.7 Å². The molecule has 1 aliphatic rings. The largest absolute Gasteiger partial charge is 0.316 e. The fraction of sp³-hybridized carbons (Fsp3) is 0.909. The summed E-state index contributed by atoms with van der Waals surface area (Å²) < 4.78 is 0.